The average molecular weight is 269 g/mol. The van der Waals surface area contributed by atoms with E-state index in [1.54, 1.807) is 6.20 Å². The fourth-order valence-corrected chi connectivity index (χ4v) is 2.79. The number of aromatic nitrogens is 2. The van der Waals surface area contributed by atoms with Crippen LogP contribution in [0.15, 0.2) is 36.5 Å². The normalized spacial score (nSPS) is 16.0. The van der Waals surface area contributed by atoms with Gasteiger partial charge in [0.1, 0.15) is 0 Å². The van der Waals surface area contributed by atoms with E-state index in [0.717, 1.165) is 24.1 Å². The summed E-state index contributed by atoms with van der Waals surface area (Å²) in [5, 5.41) is 10.1. The zero-order chi connectivity index (χ0) is 13.8. The van der Waals surface area contributed by atoms with Crippen molar-refractivity contribution in [3.8, 4) is 11.3 Å². The third kappa shape index (κ3) is 2.74. The molecule has 0 aliphatic heterocycles. The fourth-order valence-electron chi connectivity index (χ4n) is 2.79. The summed E-state index contributed by atoms with van der Waals surface area (Å²) in [6, 6.07) is 10.1. The van der Waals surface area contributed by atoms with Crippen LogP contribution in [0.25, 0.3) is 11.3 Å². The first kappa shape index (κ1) is 12.9. The standard InChI is InChI=1S/C16H19N3O/c20-16(18-13-9-5-2-6-10-13)14-11-17-19-15(14)12-7-3-1-4-8-12/h1,3-4,7-8,11,13H,2,5-6,9-10H2,(H,17,19)(H,18,20). The molecule has 4 nitrogen and oxygen atoms in total. The Bertz CT molecular complexity index is 570. The molecule has 20 heavy (non-hydrogen) atoms. The lowest BCUT2D eigenvalue weighted by molar-refractivity contribution is 0.0928. The number of carbonyl (C=O) groups excluding carboxylic acids is 1. The summed E-state index contributed by atoms with van der Waals surface area (Å²) < 4.78 is 0. The minimum Gasteiger partial charge on any atom is -0.349 e. The Labute approximate surface area is 118 Å². The molecule has 104 valence electrons. The van der Waals surface area contributed by atoms with E-state index in [-0.39, 0.29) is 5.91 Å². The van der Waals surface area contributed by atoms with Crippen LogP contribution in [0.3, 0.4) is 0 Å². The maximum Gasteiger partial charge on any atom is 0.255 e. The van der Waals surface area contributed by atoms with Gasteiger partial charge in [-0.05, 0) is 12.8 Å². The van der Waals surface area contributed by atoms with Crippen molar-refractivity contribution in [3.05, 3.63) is 42.1 Å². The first-order chi connectivity index (χ1) is 9.84. The Morgan fingerprint density at radius 1 is 1.15 bits per heavy atom. The van der Waals surface area contributed by atoms with Crippen LogP contribution >= 0.6 is 0 Å². The summed E-state index contributed by atoms with van der Waals surface area (Å²) in [5.74, 6) is -0.0236. The topological polar surface area (TPSA) is 57.8 Å². The molecule has 4 heteroatoms. The average Bonchev–Trinajstić information content (AvgIpc) is 2.99. The molecule has 0 radical (unpaired) electrons. The fraction of sp³-hybridized carbons (Fsp3) is 0.375. The maximum atomic E-state index is 12.4. The molecule has 0 spiro atoms. The molecular formula is C16H19N3O. The van der Waals surface area contributed by atoms with Crippen molar-refractivity contribution in [1.82, 2.24) is 15.5 Å². The molecule has 1 saturated carbocycles. The van der Waals surface area contributed by atoms with Crippen molar-refractivity contribution >= 4 is 5.91 Å². The van der Waals surface area contributed by atoms with E-state index in [9.17, 15) is 4.79 Å². The summed E-state index contributed by atoms with van der Waals surface area (Å²) >= 11 is 0. The van der Waals surface area contributed by atoms with E-state index in [1.165, 1.54) is 19.3 Å². The largest absolute Gasteiger partial charge is 0.349 e. The number of nitrogens with zero attached hydrogens (tertiary/aromatic N) is 1. The Morgan fingerprint density at radius 2 is 1.90 bits per heavy atom. The number of aromatic amines is 1. The maximum absolute atomic E-state index is 12.4. The molecule has 1 aliphatic rings. The van der Waals surface area contributed by atoms with Gasteiger partial charge >= 0.3 is 0 Å². The second kappa shape index (κ2) is 5.90. The van der Waals surface area contributed by atoms with E-state index in [1.807, 2.05) is 30.3 Å². The summed E-state index contributed by atoms with van der Waals surface area (Å²) in [6.07, 6.45) is 7.49. The Hall–Kier alpha value is -2.10. The SMILES string of the molecule is O=C(NC1CCCCC1)c1cn[nH]c1-c1ccccc1. The molecule has 2 aromatic rings. The quantitative estimate of drug-likeness (QED) is 0.899. The van der Waals surface area contributed by atoms with Gasteiger partial charge in [0.05, 0.1) is 17.5 Å². The third-order valence-corrected chi connectivity index (χ3v) is 3.89. The van der Waals surface area contributed by atoms with Gasteiger partial charge in [-0.1, -0.05) is 49.6 Å². The molecule has 0 saturated heterocycles. The number of rotatable bonds is 3. The van der Waals surface area contributed by atoms with Gasteiger partial charge in [-0.25, -0.2) is 0 Å². The zero-order valence-corrected chi connectivity index (χ0v) is 11.4. The number of benzene rings is 1. The lowest BCUT2D eigenvalue weighted by Gasteiger charge is -2.22. The molecule has 1 aliphatic carbocycles. The van der Waals surface area contributed by atoms with E-state index in [4.69, 9.17) is 0 Å². The summed E-state index contributed by atoms with van der Waals surface area (Å²) in [4.78, 5) is 12.4. The number of H-pyrrole nitrogens is 1. The molecule has 0 atom stereocenters. The molecule has 1 aromatic heterocycles. The predicted molar refractivity (Wildman–Crippen MR) is 78.4 cm³/mol. The van der Waals surface area contributed by atoms with Crippen LogP contribution < -0.4 is 5.32 Å². The Kier molecular flexibility index (Phi) is 3.81. The highest BCUT2D eigenvalue weighted by molar-refractivity contribution is 5.99. The zero-order valence-electron chi connectivity index (χ0n) is 11.4. The lowest BCUT2D eigenvalue weighted by atomic mass is 9.95. The minimum atomic E-state index is -0.0236. The van der Waals surface area contributed by atoms with Crippen molar-refractivity contribution in [2.45, 2.75) is 38.1 Å². The van der Waals surface area contributed by atoms with E-state index < -0.39 is 0 Å². The van der Waals surface area contributed by atoms with Gasteiger partial charge < -0.3 is 5.32 Å². The van der Waals surface area contributed by atoms with Crippen molar-refractivity contribution in [3.63, 3.8) is 0 Å². The van der Waals surface area contributed by atoms with Crippen molar-refractivity contribution in [2.24, 2.45) is 0 Å². The molecule has 2 N–H and O–H groups in total. The van der Waals surface area contributed by atoms with Crippen LogP contribution in [-0.4, -0.2) is 22.1 Å². The van der Waals surface area contributed by atoms with Gasteiger partial charge in [0.2, 0.25) is 0 Å². The van der Waals surface area contributed by atoms with E-state index >= 15 is 0 Å². The first-order valence-corrected chi connectivity index (χ1v) is 7.24. The number of carbonyl (C=O) groups is 1. The van der Waals surface area contributed by atoms with Gasteiger partial charge in [0.15, 0.2) is 0 Å². The minimum absolute atomic E-state index is 0.0236. The monoisotopic (exact) mass is 269 g/mol. The van der Waals surface area contributed by atoms with Crippen LogP contribution in [0.2, 0.25) is 0 Å². The number of amides is 1. The molecule has 1 fully saturated rings. The second-order valence-electron chi connectivity index (χ2n) is 5.33. The van der Waals surface area contributed by atoms with Gasteiger partial charge in [-0.2, -0.15) is 5.10 Å². The van der Waals surface area contributed by atoms with Crippen LogP contribution in [-0.2, 0) is 0 Å². The second-order valence-corrected chi connectivity index (χ2v) is 5.33. The van der Waals surface area contributed by atoms with Crippen molar-refractivity contribution in [2.75, 3.05) is 0 Å². The van der Waals surface area contributed by atoms with Crippen molar-refractivity contribution in [1.29, 1.82) is 0 Å². The lowest BCUT2D eigenvalue weighted by Crippen LogP contribution is -2.36. The third-order valence-electron chi connectivity index (χ3n) is 3.89. The number of nitrogens with one attached hydrogen (secondary N) is 2. The highest BCUT2D eigenvalue weighted by atomic mass is 16.1. The molecule has 0 bridgehead atoms. The number of hydrogen-bond donors (Lipinski definition) is 2. The molecular weight excluding hydrogens is 250 g/mol. The van der Waals surface area contributed by atoms with Crippen molar-refractivity contribution < 1.29 is 4.79 Å². The predicted octanol–water partition coefficient (Wildman–Crippen LogP) is 3.14. The highest BCUT2D eigenvalue weighted by Gasteiger charge is 2.20. The van der Waals surface area contributed by atoms with Gasteiger partial charge in [-0.3, -0.25) is 9.89 Å². The summed E-state index contributed by atoms with van der Waals surface area (Å²) in [5.41, 5.74) is 2.40. The molecule has 0 unspecified atom stereocenters. The van der Waals surface area contributed by atoms with Gasteiger partial charge in [0.25, 0.3) is 5.91 Å². The molecule has 1 heterocycles. The van der Waals surface area contributed by atoms with Crippen LogP contribution in [0, 0.1) is 0 Å². The Balaban J connectivity index is 1.77. The first-order valence-electron chi connectivity index (χ1n) is 7.24. The van der Waals surface area contributed by atoms with Gasteiger partial charge in [-0.15, -0.1) is 0 Å². The van der Waals surface area contributed by atoms with Crippen LogP contribution in [0.5, 0.6) is 0 Å². The highest BCUT2D eigenvalue weighted by Crippen LogP contribution is 2.22. The number of hydrogen-bond acceptors (Lipinski definition) is 2. The summed E-state index contributed by atoms with van der Waals surface area (Å²) in [6.45, 7) is 0. The summed E-state index contributed by atoms with van der Waals surface area (Å²) in [7, 11) is 0. The molecule has 1 aromatic carbocycles. The molecule has 3 rings (SSSR count). The van der Waals surface area contributed by atoms with Crippen LogP contribution in [0.4, 0.5) is 0 Å². The van der Waals surface area contributed by atoms with E-state index in [0.29, 0.717) is 11.6 Å². The van der Waals surface area contributed by atoms with Crippen LogP contribution in [0.1, 0.15) is 42.5 Å². The molecule has 1 amide bonds. The van der Waals surface area contributed by atoms with Gasteiger partial charge in [0, 0.05) is 11.6 Å². The smallest absolute Gasteiger partial charge is 0.255 e. The van der Waals surface area contributed by atoms with E-state index in [2.05, 4.69) is 15.5 Å². The Morgan fingerprint density at radius 3 is 2.65 bits per heavy atom.